The molecular formula is C24H40FIN4O. The Balaban J connectivity index is 0.00000480. The van der Waals surface area contributed by atoms with E-state index in [9.17, 15) is 9.18 Å². The maximum Gasteiger partial charge on any atom is 0.225 e. The van der Waals surface area contributed by atoms with E-state index < -0.39 is 0 Å². The Hall–Kier alpha value is -1.38. The van der Waals surface area contributed by atoms with Crippen LogP contribution in [0.2, 0.25) is 0 Å². The summed E-state index contributed by atoms with van der Waals surface area (Å²) in [4.78, 5) is 19.4. The molecule has 5 nitrogen and oxygen atoms in total. The van der Waals surface area contributed by atoms with Gasteiger partial charge in [-0.3, -0.25) is 9.79 Å². The van der Waals surface area contributed by atoms with Crippen LogP contribution in [0.1, 0.15) is 65.9 Å². The average molecular weight is 547 g/mol. The summed E-state index contributed by atoms with van der Waals surface area (Å²) in [5.41, 5.74) is 0.672. The van der Waals surface area contributed by atoms with E-state index in [1.165, 1.54) is 6.07 Å². The number of nitrogens with zero attached hydrogens (tertiary/aromatic N) is 2. The van der Waals surface area contributed by atoms with Crippen LogP contribution in [0.15, 0.2) is 29.3 Å². The van der Waals surface area contributed by atoms with Gasteiger partial charge in [0.2, 0.25) is 5.91 Å². The Morgan fingerprint density at radius 3 is 2.42 bits per heavy atom. The van der Waals surface area contributed by atoms with Crippen LogP contribution >= 0.6 is 24.0 Å². The second-order valence-electron chi connectivity index (χ2n) is 8.85. The Bertz CT molecular complexity index is 713. The number of amides is 1. The molecule has 7 heteroatoms. The number of likely N-dealkylation sites (tertiary alicyclic amines) is 1. The molecule has 0 radical (unpaired) electrons. The maximum absolute atomic E-state index is 13.6. The third-order valence-corrected chi connectivity index (χ3v) is 6.07. The van der Waals surface area contributed by atoms with E-state index >= 15 is 0 Å². The highest BCUT2D eigenvalue weighted by Crippen LogP contribution is 2.24. The van der Waals surface area contributed by atoms with Gasteiger partial charge in [-0.05, 0) is 50.3 Å². The molecule has 2 rings (SSSR count). The Morgan fingerprint density at radius 2 is 1.87 bits per heavy atom. The van der Waals surface area contributed by atoms with Gasteiger partial charge in [0.25, 0.3) is 0 Å². The van der Waals surface area contributed by atoms with Crippen molar-refractivity contribution in [2.24, 2.45) is 10.9 Å². The van der Waals surface area contributed by atoms with Gasteiger partial charge in [-0.1, -0.05) is 39.8 Å². The number of hydrogen-bond acceptors (Lipinski definition) is 2. The summed E-state index contributed by atoms with van der Waals surface area (Å²) in [5, 5.41) is 6.86. The Morgan fingerprint density at radius 1 is 1.23 bits per heavy atom. The van der Waals surface area contributed by atoms with Crippen molar-refractivity contribution in [1.29, 1.82) is 0 Å². The molecule has 31 heavy (non-hydrogen) atoms. The molecule has 1 aromatic carbocycles. The van der Waals surface area contributed by atoms with E-state index in [1.807, 2.05) is 17.9 Å². The molecule has 1 aromatic rings. The Labute approximate surface area is 204 Å². The molecule has 0 atom stereocenters. The zero-order chi connectivity index (χ0) is 22.1. The summed E-state index contributed by atoms with van der Waals surface area (Å²) in [6, 6.07) is 7.05. The summed E-state index contributed by atoms with van der Waals surface area (Å²) in [6.07, 6.45) is 3.66. The lowest BCUT2D eigenvalue weighted by atomic mass is 9.85. The summed E-state index contributed by atoms with van der Waals surface area (Å²) >= 11 is 0. The van der Waals surface area contributed by atoms with Crippen LogP contribution in [-0.2, 0) is 10.2 Å². The first-order chi connectivity index (χ1) is 14.3. The standard InChI is InChI=1S/C24H39FN4O.HI/c1-6-18(7-2)22(30)29-14-12-21(13-15-29)28-23(26-8-3)27-17-24(4,5)19-10-9-11-20(25)16-19;/h9-11,16,18,21H,6-8,12-15,17H2,1-5H3,(H2,26,27,28);1H. The van der Waals surface area contributed by atoms with Crippen molar-refractivity contribution in [2.75, 3.05) is 26.2 Å². The van der Waals surface area contributed by atoms with Gasteiger partial charge in [0, 0.05) is 37.0 Å². The lowest BCUT2D eigenvalue weighted by Gasteiger charge is -2.35. The topological polar surface area (TPSA) is 56.7 Å². The predicted octanol–water partition coefficient (Wildman–Crippen LogP) is 4.70. The molecule has 1 saturated heterocycles. The molecule has 0 aliphatic carbocycles. The number of benzene rings is 1. The number of carbonyl (C=O) groups excluding carboxylic acids is 1. The van der Waals surface area contributed by atoms with Gasteiger partial charge in [0.1, 0.15) is 5.82 Å². The molecule has 176 valence electrons. The van der Waals surface area contributed by atoms with E-state index in [-0.39, 0.29) is 41.1 Å². The van der Waals surface area contributed by atoms with Gasteiger partial charge in [-0.25, -0.2) is 4.39 Å². The molecule has 0 spiro atoms. The number of hydrogen-bond donors (Lipinski definition) is 2. The van der Waals surface area contributed by atoms with Gasteiger partial charge in [0.15, 0.2) is 5.96 Å². The van der Waals surface area contributed by atoms with Crippen LogP contribution in [0, 0.1) is 11.7 Å². The highest BCUT2D eigenvalue weighted by atomic mass is 127. The fraction of sp³-hybridized carbons (Fsp3) is 0.667. The van der Waals surface area contributed by atoms with Crippen molar-refractivity contribution in [3.05, 3.63) is 35.6 Å². The molecule has 1 aliphatic rings. The molecular weight excluding hydrogens is 506 g/mol. The third kappa shape index (κ3) is 8.24. The van der Waals surface area contributed by atoms with E-state index in [1.54, 1.807) is 12.1 Å². The largest absolute Gasteiger partial charge is 0.357 e. The molecule has 2 N–H and O–H groups in total. The molecule has 0 unspecified atom stereocenters. The lowest BCUT2D eigenvalue weighted by Crippen LogP contribution is -2.50. The van der Waals surface area contributed by atoms with Crippen LogP contribution in [0.5, 0.6) is 0 Å². The number of piperidine rings is 1. The average Bonchev–Trinajstić information content (AvgIpc) is 2.73. The SMILES string of the molecule is CCNC(=NCC(C)(C)c1cccc(F)c1)NC1CCN(C(=O)C(CC)CC)CC1.I. The number of nitrogens with one attached hydrogen (secondary N) is 2. The number of carbonyl (C=O) groups is 1. The van der Waals surface area contributed by atoms with Gasteiger partial charge in [-0.2, -0.15) is 0 Å². The fourth-order valence-electron chi connectivity index (χ4n) is 3.93. The predicted molar refractivity (Wildman–Crippen MR) is 138 cm³/mol. The van der Waals surface area contributed by atoms with Crippen LogP contribution in [-0.4, -0.2) is 49.0 Å². The molecule has 0 aromatic heterocycles. The minimum Gasteiger partial charge on any atom is -0.357 e. The van der Waals surface area contributed by atoms with E-state index in [0.29, 0.717) is 18.5 Å². The van der Waals surface area contributed by atoms with Crippen molar-refractivity contribution in [3.63, 3.8) is 0 Å². The van der Waals surface area contributed by atoms with E-state index in [4.69, 9.17) is 4.99 Å². The molecule has 1 aliphatic heterocycles. The second-order valence-corrected chi connectivity index (χ2v) is 8.85. The Kier molecular flexibility index (Phi) is 11.8. The van der Waals surface area contributed by atoms with Gasteiger partial charge in [-0.15, -0.1) is 24.0 Å². The van der Waals surface area contributed by atoms with Crippen molar-refractivity contribution in [2.45, 2.75) is 71.8 Å². The smallest absolute Gasteiger partial charge is 0.225 e. The zero-order valence-electron chi connectivity index (χ0n) is 19.7. The van der Waals surface area contributed by atoms with Gasteiger partial charge in [0.05, 0.1) is 6.54 Å². The van der Waals surface area contributed by atoms with Gasteiger partial charge >= 0.3 is 0 Å². The van der Waals surface area contributed by atoms with Crippen LogP contribution < -0.4 is 10.6 Å². The van der Waals surface area contributed by atoms with Gasteiger partial charge < -0.3 is 15.5 Å². The molecule has 0 bridgehead atoms. The second kappa shape index (κ2) is 13.2. The summed E-state index contributed by atoms with van der Waals surface area (Å²) < 4.78 is 13.6. The minimum absolute atomic E-state index is 0. The van der Waals surface area contributed by atoms with E-state index in [2.05, 4.69) is 38.3 Å². The first kappa shape index (κ1) is 27.7. The number of aliphatic imine (C=N–C) groups is 1. The first-order valence-electron chi connectivity index (χ1n) is 11.4. The third-order valence-electron chi connectivity index (χ3n) is 6.07. The van der Waals surface area contributed by atoms with E-state index in [0.717, 1.165) is 56.8 Å². The molecule has 1 amide bonds. The van der Waals surface area contributed by atoms with Crippen molar-refractivity contribution in [1.82, 2.24) is 15.5 Å². The van der Waals surface area contributed by atoms with Crippen molar-refractivity contribution in [3.8, 4) is 0 Å². The molecule has 0 saturated carbocycles. The highest BCUT2D eigenvalue weighted by molar-refractivity contribution is 14.0. The van der Waals surface area contributed by atoms with Crippen molar-refractivity contribution >= 4 is 35.8 Å². The number of halogens is 2. The summed E-state index contributed by atoms with van der Waals surface area (Å²) in [6.45, 7) is 13.3. The van der Waals surface area contributed by atoms with Crippen LogP contribution in [0.25, 0.3) is 0 Å². The quantitative estimate of drug-likeness (QED) is 0.282. The monoisotopic (exact) mass is 546 g/mol. The molecule has 1 heterocycles. The minimum atomic E-state index is -0.268. The highest BCUT2D eigenvalue weighted by Gasteiger charge is 2.27. The normalized spacial score (nSPS) is 15.6. The number of rotatable bonds is 8. The lowest BCUT2D eigenvalue weighted by molar-refractivity contribution is -0.136. The zero-order valence-corrected chi connectivity index (χ0v) is 22.0. The van der Waals surface area contributed by atoms with Crippen molar-refractivity contribution < 1.29 is 9.18 Å². The first-order valence-corrected chi connectivity index (χ1v) is 11.4. The number of guanidine groups is 1. The summed E-state index contributed by atoms with van der Waals surface area (Å²) in [7, 11) is 0. The van der Waals surface area contributed by atoms with Crippen LogP contribution in [0.3, 0.4) is 0 Å². The molecule has 1 fully saturated rings. The summed E-state index contributed by atoms with van der Waals surface area (Å²) in [5.74, 6) is 1.02. The fourth-order valence-corrected chi connectivity index (χ4v) is 3.93. The van der Waals surface area contributed by atoms with Crippen LogP contribution in [0.4, 0.5) is 4.39 Å². The maximum atomic E-state index is 13.6.